The molecule has 1 aromatic rings. The van der Waals surface area contributed by atoms with Gasteiger partial charge in [-0.25, -0.2) is 18.4 Å². The van der Waals surface area contributed by atoms with Crippen LogP contribution in [0.1, 0.15) is 0 Å². The Kier molecular flexibility index (Phi) is 2.66. The molecule has 0 aromatic carbocycles. The lowest BCUT2D eigenvalue weighted by molar-refractivity contribution is 0.396. The van der Waals surface area contributed by atoms with Crippen LogP contribution in [0.4, 0.5) is 5.82 Å². The normalized spacial score (nSPS) is 10.9. The van der Waals surface area contributed by atoms with Crippen molar-refractivity contribution in [1.29, 1.82) is 0 Å². The summed E-state index contributed by atoms with van der Waals surface area (Å²) in [6, 6.07) is 0. The third-order valence-electron chi connectivity index (χ3n) is 1.13. The van der Waals surface area contributed by atoms with E-state index in [0.29, 0.717) is 5.88 Å². The predicted octanol–water partition coefficient (Wildman–Crippen LogP) is -0.143. The molecule has 72 valence electrons. The zero-order valence-electron chi connectivity index (χ0n) is 7.18. The summed E-state index contributed by atoms with van der Waals surface area (Å²) in [6.07, 6.45) is 3.65. The Balaban J connectivity index is 2.81. The van der Waals surface area contributed by atoms with Gasteiger partial charge in [0.15, 0.2) is 5.82 Å². The average molecular weight is 203 g/mol. The fourth-order valence-corrected chi connectivity index (χ4v) is 1.15. The van der Waals surface area contributed by atoms with E-state index < -0.39 is 10.0 Å². The van der Waals surface area contributed by atoms with E-state index in [0.717, 1.165) is 6.26 Å². The van der Waals surface area contributed by atoms with Crippen LogP contribution in [0.2, 0.25) is 0 Å². The summed E-state index contributed by atoms with van der Waals surface area (Å²) in [6.45, 7) is 0. The first-order chi connectivity index (χ1) is 6.01. The van der Waals surface area contributed by atoms with Gasteiger partial charge in [0.1, 0.15) is 0 Å². The highest BCUT2D eigenvalue weighted by molar-refractivity contribution is 7.92. The summed E-state index contributed by atoms with van der Waals surface area (Å²) in [7, 11) is -1.84. The van der Waals surface area contributed by atoms with Gasteiger partial charge in [-0.1, -0.05) is 0 Å². The van der Waals surface area contributed by atoms with E-state index in [-0.39, 0.29) is 5.82 Å². The minimum Gasteiger partial charge on any atom is -0.480 e. The van der Waals surface area contributed by atoms with Gasteiger partial charge in [0.2, 0.25) is 15.9 Å². The van der Waals surface area contributed by atoms with Gasteiger partial charge in [-0.3, -0.25) is 4.72 Å². The first-order valence-electron chi connectivity index (χ1n) is 3.35. The maximum atomic E-state index is 10.7. The predicted molar refractivity (Wildman–Crippen MR) is 47.1 cm³/mol. The van der Waals surface area contributed by atoms with Crippen LogP contribution in [0.5, 0.6) is 5.88 Å². The number of hydrogen-bond donors (Lipinski definition) is 1. The quantitative estimate of drug-likeness (QED) is 0.739. The fourth-order valence-electron chi connectivity index (χ4n) is 0.664. The highest BCUT2D eigenvalue weighted by Crippen LogP contribution is 2.06. The number of ether oxygens (including phenoxy) is 1. The molecule has 0 aliphatic rings. The Morgan fingerprint density at radius 1 is 1.38 bits per heavy atom. The molecular formula is C6H9N3O3S. The molecule has 0 spiro atoms. The van der Waals surface area contributed by atoms with Crippen LogP contribution in [0.3, 0.4) is 0 Å². The molecule has 0 fully saturated rings. The second kappa shape index (κ2) is 3.56. The molecule has 0 saturated carbocycles. The average Bonchev–Trinajstić information content (AvgIpc) is 2.03. The van der Waals surface area contributed by atoms with Gasteiger partial charge in [0.25, 0.3) is 0 Å². The summed E-state index contributed by atoms with van der Waals surface area (Å²) in [5, 5.41) is 0. The van der Waals surface area contributed by atoms with E-state index in [1.165, 1.54) is 19.5 Å². The van der Waals surface area contributed by atoms with Crippen LogP contribution >= 0.6 is 0 Å². The van der Waals surface area contributed by atoms with Crippen molar-refractivity contribution in [2.75, 3.05) is 18.1 Å². The lowest BCUT2D eigenvalue weighted by Gasteiger charge is -2.02. The molecule has 0 atom stereocenters. The zero-order chi connectivity index (χ0) is 9.90. The molecule has 0 radical (unpaired) electrons. The van der Waals surface area contributed by atoms with Crippen molar-refractivity contribution in [3.05, 3.63) is 12.4 Å². The topological polar surface area (TPSA) is 81.2 Å². The number of nitrogens with one attached hydrogen (secondary N) is 1. The molecule has 1 aromatic heterocycles. The minimum absolute atomic E-state index is 0.170. The number of anilines is 1. The number of nitrogens with zero attached hydrogens (tertiary/aromatic N) is 2. The van der Waals surface area contributed by atoms with Crippen LogP contribution in [0, 0.1) is 0 Å². The van der Waals surface area contributed by atoms with Crippen molar-refractivity contribution >= 4 is 15.8 Å². The van der Waals surface area contributed by atoms with Crippen molar-refractivity contribution in [2.45, 2.75) is 0 Å². The number of sulfonamides is 1. The third-order valence-corrected chi connectivity index (χ3v) is 1.71. The van der Waals surface area contributed by atoms with Crippen LogP contribution in [-0.4, -0.2) is 31.8 Å². The van der Waals surface area contributed by atoms with Crippen molar-refractivity contribution in [1.82, 2.24) is 9.97 Å². The SMILES string of the molecule is COc1cnc(NS(C)(=O)=O)cn1. The summed E-state index contributed by atoms with van der Waals surface area (Å²) in [4.78, 5) is 7.53. The first kappa shape index (κ1) is 9.72. The highest BCUT2D eigenvalue weighted by Gasteiger charge is 2.02. The van der Waals surface area contributed by atoms with Crippen LogP contribution in [-0.2, 0) is 10.0 Å². The molecule has 0 aliphatic carbocycles. The molecule has 1 N–H and O–H groups in total. The van der Waals surface area contributed by atoms with E-state index in [4.69, 9.17) is 4.74 Å². The zero-order valence-corrected chi connectivity index (χ0v) is 8.00. The molecule has 13 heavy (non-hydrogen) atoms. The molecule has 0 unspecified atom stereocenters. The summed E-state index contributed by atoms with van der Waals surface area (Å²) in [5.74, 6) is 0.502. The van der Waals surface area contributed by atoms with Gasteiger partial charge >= 0.3 is 0 Å². The van der Waals surface area contributed by atoms with Crippen molar-refractivity contribution in [2.24, 2.45) is 0 Å². The number of hydrogen-bond acceptors (Lipinski definition) is 5. The summed E-state index contributed by atoms with van der Waals surface area (Å²) >= 11 is 0. The smallest absolute Gasteiger partial charge is 0.232 e. The summed E-state index contributed by atoms with van der Waals surface area (Å²) in [5.41, 5.74) is 0. The molecule has 0 bridgehead atoms. The standard InChI is InChI=1S/C6H9N3O3S/c1-12-6-4-7-5(3-8-6)9-13(2,10)11/h3-4H,1-2H3,(H,7,9). The second-order valence-corrected chi connectivity index (χ2v) is 4.07. The number of methoxy groups -OCH3 is 1. The Bertz CT molecular complexity index is 373. The van der Waals surface area contributed by atoms with E-state index in [2.05, 4.69) is 14.7 Å². The van der Waals surface area contributed by atoms with E-state index in [1.54, 1.807) is 0 Å². The molecule has 0 saturated heterocycles. The van der Waals surface area contributed by atoms with E-state index >= 15 is 0 Å². The first-order valence-corrected chi connectivity index (χ1v) is 5.24. The van der Waals surface area contributed by atoms with Gasteiger partial charge in [-0.05, 0) is 0 Å². The summed E-state index contributed by atoms with van der Waals surface area (Å²) < 4.78 is 28.4. The largest absolute Gasteiger partial charge is 0.480 e. The highest BCUT2D eigenvalue weighted by atomic mass is 32.2. The molecule has 1 rings (SSSR count). The maximum absolute atomic E-state index is 10.7. The Morgan fingerprint density at radius 2 is 2.08 bits per heavy atom. The Labute approximate surface area is 76.0 Å². The molecule has 6 nitrogen and oxygen atoms in total. The van der Waals surface area contributed by atoms with E-state index in [1.807, 2.05) is 0 Å². The third kappa shape index (κ3) is 3.24. The molecule has 0 amide bonds. The molecule has 1 heterocycles. The Hall–Kier alpha value is -1.37. The van der Waals surface area contributed by atoms with Crippen molar-refractivity contribution in [3.63, 3.8) is 0 Å². The Morgan fingerprint density at radius 3 is 2.46 bits per heavy atom. The van der Waals surface area contributed by atoms with Crippen molar-refractivity contribution < 1.29 is 13.2 Å². The number of aromatic nitrogens is 2. The van der Waals surface area contributed by atoms with Gasteiger partial charge < -0.3 is 4.74 Å². The minimum atomic E-state index is -3.29. The fraction of sp³-hybridized carbons (Fsp3) is 0.333. The maximum Gasteiger partial charge on any atom is 0.232 e. The lowest BCUT2D eigenvalue weighted by Crippen LogP contribution is -2.10. The van der Waals surface area contributed by atoms with Gasteiger partial charge in [0.05, 0.1) is 25.8 Å². The van der Waals surface area contributed by atoms with Gasteiger partial charge in [-0.2, -0.15) is 0 Å². The van der Waals surface area contributed by atoms with E-state index in [9.17, 15) is 8.42 Å². The lowest BCUT2D eigenvalue weighted by atomic mass is 10.7. The monoisotopic (exact) mass is 203 g/mol. The molecular weight excluding hydrogens is 194 g/mol. The second-order valence-electron chi connectivity index (χ2n) is 2.32. The molecule has 0 aliphatic heterocycles. The van der Waals surface area contributed by atoms with Crippen LogP contribution < -0.4 is 9.46 Å². The van der Waals surface area contributed by atoms with Gasteiger partial charge in [-0.15, -0.1) is 0 Å². The number of rotatable bonds is 3. The van der Waals surface area contributed by atoms with Gasteiger partial charge in [0, 0.05) is 0 Å². The van der Waals surface area contributed by atoms with Crippen LogP contribution in [0.15, 0.2) is 12.4 Å². The molecule has 7 heteroatoms. The van der Waals surface area contributed by atoms with Crippen LogP contribution in [0.25, 0.3) is 0 Å². The van der Waals surface area contributed by atoms with Crippen molar-refractivity contribution in [3.8, 4) is 5.88 Å².